The first-order chi connectivity index (χ1) is 13.9. The molecule has 1 aromatic heterocycles. The van der Waals surface area contributed by atoms with Crippen molar-refractivity contribution in [3.8, 4) is 5.69 Å². The normalized spacial score (nSPS) is 13.5. The predicted octanol–water partition coefficient (Wildman–Crippen LogP) is 1.88. The van der Waals surface area contributed by atoms with E-state index in [1.54, 1.807) is 30.3 Å². The third-order valence-electron chi connectivity index (χ3n) is 4.09. The largest absolute Gasteiger partial charge is 0.394 e. The number of H-pyrrole nitrogens is 1. The van der Waals surface area contributed by atoms with Crippen LogP contribution < -0.4 is 5.56 Å². The van der Waals surface area contributed by atoms with Crippen LogP contribution in [0.25, 0.3) is 5.69 Å². The molecule has 0 aliphatic rings. The Morgan fingerprint density at radius 3 is 2.38 bits per heavy atom. The highest BCUT2D eigenvalue weighted by molar-refractivity contribution is 5.57. The lowest BCUT2D eigenvalue weighted by Crippen LogP contribution is -2.22. The molecule has 29 heavy (non-hydrogen) atoms. The van der Waals surface area contributed by atoms with E-state index in [0.29, 0.717) is 5.69 Å². The Balaban J connectivity index is 2.13. The fourth-order valence-electron chi connectivity index (χ4n) is 2.61. The van der Waals surface area contributed by atoms with Gasteiger partial charge in [0.2, 0.25) is 0 Å². The van der Waals surface area contributed by atoms with Crippen molar-refractivity contribution in [3.05, 3.63) is 80.8 Å². The highest BCUT2D eigenvalue weighted by atomic mass is 16.6. The van der Waals surface area contributed by atoms with Crippen molar-refractivity contribution >= 4 is 17.1 Å². The number of hydrogen-bond acceptors (Lipinski definition) is 8. The summed E-state index contributed by atoms with van der Waals surface area (Å²) < 4.78 is 1.08. The Labute approximate surface area is 163 Å². The molecule has 3 aromatic rings. The molecule has 2 atom stereocenters. The second-order valence-corrected chi connectivity index (χ2v) is 5.99. The van der Waals surface area contributed by atoms with E-state index in [9.17, 15) is 25.1 Å². The molecule has 1 heterocycles. The second-order valence-electron chi connectivity index (χ2n) is 5.99. The number of para-hydroxylation sites is 2. The monoisotopic (exact) mass is 399 g/mol. The van der Waals surface area contributed by atoms with Crippen LogP contribution in [0.1, 0.15) is 11.8 Å². The van der Waals surface area contributed by atoms with Gasteiger partial charge in [0, 0.05) is 6.07 Å². The number of rotatable bonds is 7. The van der Waals surface area contributed by atoms with Crippen molar-refractivity contribution in [2.45, 2.75) is 12.2 Å². The van der Waals surface area contributed by atoms with E-state index in [2.05, 4.69) is 15.3 Å². The molecule has 11 nitrogen and oxygen atoms in total. The standard InChI is InChI=1S/C18H17N5O6/c24-10-14(25)17(26)15-16(18(27)22(21-15)11-6-2-1-3-7-11)20-19-12-8-4-5-9-13(12)23(28)29/h1-9,14,17,21,24-26H,10H2/t14-,17+/m0/s1. The van der Waals surface area contributed by atoms with Crippen LogP contribution in [0.5, 0.6) is 0 Å². The summed E-state index contributed by atoms with van der Waals surface area (Å²) in [6, 6.07) is 13.9. The third-order valence-corrected chi connectivity index (χ3v) is 4.09. The molecule has 3 rings (SSSR count). The van der Waals surface area contributed by atoms with Gasteiger partial charge in [0.1, 0.15) is 12.2 Å². The molecular formula is C18H17N5O6. The van der Waals surface area contributed by atoms with Crippen molar-refractivity contribution in [2.75, 3.05) is 6.61 Å². The molecule has 150 valence electrons. The molecule has 0 radical (unpaired) electrons. The van der Waals surface area contributed by atoms with Crippen LogP contribution in [0.4, 0.5) is 17.1 Å². The molecule has 0 fully saturated rings. The molecule has 0 saturated heterocycles. The zero-order chi connectivity index (χ0) is 21.0. The van der Waals surface area contributed by atoms with Crippen molar-refractivity contribution in [1.82, 2.24) is 9.78 Å². The number of nitro benzene ring substituents is 1. The van der Waals surface area contributed by atoms with Crippen molar-refractivity contribution in [2.24, 2.45) is 10.2 Å². The Hall–Kier alpha value is -3.67. The van der Waals surface area contributed by atoms with Gasteiger partial charge in [0.05, 0.1) is 22.9 Å². The molecule has 4 N–H and O–H groups in total. The first-order valence-corrected chi connectivity index (χ1v) is 8.46. The minimum Gasteiger partial charge on any atom is -0.394 e. The molecule has 0 aliphatic carbocycles. The molecular weight excluding hydrogens is 382 g/mol. The minimum absolute atomic E-state index is 0.0903. The zero-order valence-corrected chi connectivity index (χ0v) is 14.9. The van der Waals surface area contributed by atoms with Crippen molar-refractivity contribution in [3.63, 3.8) is 0 Å². The van der Waals surface area contributed by atoms with E-state index in [4.69, 9.17) is 5.11 Å². The maximum absolute atomic E-state index is 12.8. The lowest BCUT2D eigenvalue weighted by atomic mass is 10.1. The van der Waals surface area contributed by atoms with Crippen LogP contribution in [0.15, 0.2) is 69.6 Å². The molecule has 0 bridgehead atoms. The smallest absolute Gasteiger partial charge is 0.299 e. The van der Waals surface area contributed by atoms with Gasteiger partial charge in [-0.3, -0.25) is 20.0 Å². The van der Waals surface area contributed by atoms with E-state index < -0.39 is 29.3 Å². The van der Waals surface area contributed by atoms with E-state index >= 15 is 0 Å². The summed E-state index contributed by atoms with van der Waals surface area (Å²) >= 11 is 0. The number of benzene rings is 2. The predicted molar refractivity (Wildman–Crippen MR) is 102 cm³/mol. The maximum atomic E-state index is 12.8. The van der Waals surface area contributed by atoms with E-state index in [1.807, 2.05) is 0 Å². The summed E-state index contributed by atoms with van der Waals surface area (Å²) in [5, 5.41) is 50.6. The first-order valence-electron chi connectivity index (χ1n) is 8.46. The minimum atomic E-state index is -1.67. The van der Waals surface area contributed by atoms with Gasteiger partial charge in [-0.1, -0.05) is 30.3 Å². The summed E-state index contributed by atoms with van der Waals surface area (Å²) in [5.74, 6) is 0. The first kappa shape index (κ1) is 20.1. The average molecular weight is 399 g/mol. The topological polar surface area (TPSA) is 166 Å². The van der Waals surface area contributed by atoms with Gasteiger partial charge < -0.3 is 15.3 Å². The number of nitrogens with one attached hydrogen (secondary N) is 1. The van der Waals surface area contributed by atoms with Gasteiger partial charge in [-0.05, 0) is 18.2 Å². The Bertz CT molecular complexity index is 1090. The number of azo groups is 1. The van der Waals surface area contributed by atoms with Crippen LogP contribution in [-0.4, -0.2) is 42.7 Å². The fourth-order valence-corrected chi connectivity index (χ4v) is 2.61. The Morgan fingerprint density at radius 2 is 1.72 bits per heavy atom. The molecule has 0 saturated carbocycles. The highest BCUT2D eigenvalue weighted by Crippen LogP contribution is 2.30. The molecule has 11 heteroatoms. The number of aliphatic hydroxyl groups excluding tert-OH is 3. The van der Waals surface area contributed by atoms with Gasteiger partial charge in [-0.25, -0.2) is 4.68 Å². The van der Waals surface area contributed by atoms with E-state index in [1.165, 1.54) is 24.3 Å². The second kappa shape index (κ2) is 8.56. The van der Waals surface area contributed by atoms with E-state index in [0.717, 1.165) is 4.68 Å². The maximum Gasteiger partial charge on any atom is 0.299 e. The average Bonchev–Trinajstić information content (AvgIpc) is 3.08. The number of aliphatic hydroxyl groups is 3. The number of hydrogen-bond donors (Lipinski definition) is 4. The van der Waals surface area contributed by atoms with Gasteiger partial charge >= 0.3 is 0 Å². The summed E-state index contributed by atoms with van der Waals surface area (Å²) in [6.07, 6.45) is -3.25. The van der Waals surface area contributed by atoms with Crippen LogP contribution in [0.2, 0.25) is 0 Å². The summed E-state index contributed by atoms with van der Waals surface area (Å²) in [6.45, 7) is -0.763. The molecule has 0 aliphatic heterocycles. The van der Waals surface area contributed by atoms with Gasteiger partial charge in [-0.2, -0.15) is 0 Å². The van der Waals surface area contributed by atoms with Crippen LogP contribution in [-0.2, 0) is 0 Å². The Morgan fingerprint density at radius 1 is 1.07 bits per heavy atom. The highest BCUT2D eigenvalue weighted by Gasteiger charge is 2.27. The lowest BCUT2D eigenvalue weighted by Gasteiger charge is -2.14. The van der Waals surface area contributed by atoms with Crippen molar-refractivity contribution < 1.29 is 20.2 Å². The van der Waals surface area contributed by atoms with Crippen molar-refractivity contribution in [1.29, 1.82) is 0 Å². The quantitative estimate of drug-likeness (QED) is 0.269. The molecule has 0 amide bonds. The lowest BCUT2D eigenvalue weighted by molar-refractivity contribution is -0.384. The summed E-state index contributed by atoms with van der Waals surface area (Å²) in [4.78, 5) is 23.3. The van der Waals surface area contributed by atoms with E-state index in [-0.39, 0.29) is 22.8 Å². The number of aromatic nitrogens is 2. The zero-order valence-electron chi connectivity index (χ0n) is 14.9. The molecule has 2 aromatic carbocycles. The summed E-state index contributed by atoms with van der Waals surface area (Å²) in [5.41, 5.74) is -1.22. The van der Waals surface area contributed by atoms with Crippen LogP contribution in [0, 0.1) is 10.1 Å². The van der Waals surface area contributed by atoms with Gasteiger partial charge in [0.15, 0.2) is 11.4 Å². The molecule has 0 spiro atoms. The van der Waals surface area contributed by atoms with Crippen LogP contribution in [0.3, 0.4) is 0 Å². The van der Waals surface area contributed by atoms with Gasteiger partial charge in [0.25, 0.3) is 11.2 Å². The van der Waals surface area contributed by atoms with Gasteiger partial charge in [-0.15, -0.1) is 10.2 Å². The fraction of sp³-hybridized carbons (Fsp3) is 0.167. The third kappa shape index (κ3) is 4.11. The number of aromatic amines is 1. The Kier molecular flexibility index (Phi) is 5.93. The number of nitro groups is 1. The van der Waals surface area contributed by atoms with Crippen LogP contribution >= 0.6 is 0 Å². The number of nitrogens with zero attached hydrogens (tertiary/aromatic N) is 4. The SMILES string of the molecule is O=c1c(N=Nc2ccccc2[N+](=O)[O-])c([C@H](O)[C@@H](O)CO)[nH]n1-c1ccccc1. The summed E-state index contributed by atoms with van der Waals surface area (Å²) in [7, 11) is 0. The molecule has 0 unspecified atom stereocenters.